The van der Waals surface area contributed by atoms with E-state index in [2.05, 4.69) is 51.2 Å². The number of nitrogens with zero attached hydrogens (tertiary/aromatic N) is 4. The quantitative estimate of drug-likeness (QED) is 0.607. The van der Waals surface area contributed by atoms with Gasteiger partial charge >= 0.3 is 0 Å². The molecule has 0 atom stereocenters. The van der Waals surface area contributed by atoms with Gasteiger partial charge in [-0.25, -0.2) is 4.39 Å². The first-order valence-corrected chi connectivity index (χ1v) is 10.9. The Kier molecular flexibility index (Phi) is 6.92. The van der Waals surface area contributed by atoms with Gasteiger partial charge < -0.3 is 9.84 Å². The Morgan fingerprint density at radius 1 is 1.03 bits per heavy atom. The molecule has 1 aromatic heterocycles. The van der Waals surface area contributed by atoms with Crippen LogP contribution in [0.3, 0.4) is 0 Å². The molecule has 0 radical (unpaired) electrons. The number of nitrogens with one attached hydrogen (secondary N) is 1. The van der Waals surface area contributed by atoms with E-state index in [0.717, 1.165) is 31.7 Å². The molecule has 0 spiro atoms. The number of hydrogen-bond acceptors (Lipinski definition) is 6. The Labute approximate surface area is 187 Å². The molecule has 0 unspecified atom stereocenters. The highest BCUT2D eigenvalue weighted by atomic mass is 19.1. The minimum atomic E-state index is -0.323. The maximum Gasteiger partial charge on any atom is 0.241 e. The molecule has 1 N–H and O–H groups in total. The molecular formula is C24H28FN5O2. The van der Waals surface area contributed by atoms with Crippen molar-refractivity contribution in [3.8, 4) is 11.4 Å². The number of rotatable bonds is 7. The number of carbonyl (C=O) groups is 1. The summed E-state index contributed by atoms with van der Waals surface area (Å²) < 4.78 is 18.4. The molecule has 0 saturated carbocycles. The fourth-order valence-corrected chi connectivity index (χ4v) is 3.69. The molecule has 1 fully saturated rings. The number of carbonyl (C=O) groups excluding carboxylic acids is 1. The molecule has 1 aliphatic rings. The van der Waals surface area contributed by atoms with Gasteiger partial charge in [0.1, 0.15) is 5.82 Å². The zero-order valence-corrected chi connectivity index (χ0v) is 18.4. The number of amides is 1. The molecule has 0 aliphatic carbocycles. The monoisotopic (exact) mass is 437 g/mol. The highest BCUT2D eigenvalue weighted by molar-refractivity contribution is 5.92. The molecule has 7 nitrogen and oxygen atoms in total. The predicted molar refractivity (Wildman–Crippen MR) is 121 cm³/mol. The number of benzene rings is 2. The summed E-state index contributed by atoms with van der Waals surface area (Å²) in [6.45, 7) is 8.39. The summed E-state index contributed by atoms with van der Waals surface area (Å²) in [5, 5.41) is 6.93. The molecule has 4 rings (SSSR count). The zero-order valence-electron chi connectivity index (χ0n) is 18.4. The van der Waals surface area contributed by atoms with Crippen molar-refractivity contribution in [2.75, 3.05) is 38.0 Å². The lowest BCUT2D eigenvalue weighted by Gasteiger charge is -2.33. The van der Waals surface area contributed by atoms with Crippen molar-refractivity contribution < 1.29 is 13.7 Å². The van der Waals surface area contributed by atoms with E-state index in [4.69, 9.17) is 4.52 Å². The minimum Gasteiger partial charge on any atom is -0.338 e. The van der Waals surface area contributed by atoms with Crippen LogP contribution in [0.5, 0.6) is 0 Å². The predicted octanol–water partition coefficient (Wildman–Crippen LogP) is 3.76. The van der Waals surface area contributed by atoms with Crippen LogP contribution in [0, 0.1) is 5.82 Å². The highest BCUT2D eigenvalue weighted by Gasteiger charge is 2.21. The standard InChI is InChI=1S/C24H28FN5O2/c1-17(2)18-3-5-19(6-4-18)24-27-23(32-28-24)16-30-13-11-29(12-14-30)15-22(31)26-21-9-7-20(25)8-10-21/h3-10,17H,11-16H2,1-2H3,(H,26,31). The summed E-state index contributed by atoms with van der Waals surface area (Å²) in [4.78, 5) is 21.1. The van der Waals surface area contributed by atoms with Gasteiger partial charge in [0.15, 0.2) is 0 Å². The summed E-state index contributed by atoms with van der Waals surface area (Å²) in [6.07, 6.45) is 0. The van der Waals surface area contributed by atoms with E-state index in [0.29, 0.717) is 36.4 Å². The number of piperazine rings is 1. The molecule has 8 heteroatoms. The molecule has 3 aromatic rings. The molecular weight excluding hydrogens is 409 g/mol. The fourth-order valence-electron chi connectivity index (χ4n) is 3.69. The van der Waals surface area contributed by atoms with Gasteiger partial charge in [0.05, 0.1) is 13.1 Å². The summed E-state index contributed by atoms with van der Waals surface area (Å²) in [5.74, 6) is 1.26. The highest BCUT2D eigenvalue weighted by Crippen LogP contribution is 2.21. The van der Waals surface area contributed by atoms with Crippen molar-refractivity contribution in [3.05, 3.63) is 65.8 Å². The van der Waals surface area contributed by atoms with Crippen molar-refractivity contribution in [1.82, 2.24) is 19.9 Å². The lowest BCUT2D eigenvalue weighted by molar-refractivity contribution is -0.117. The third-order valence-corrected chi connectivity index (χ3v) is 5.62. The second kappa shape index (κ2) is 10.0. The van der Waals surface area contributed by atoms with Crippen LogP contribution in [-0.4, -0.2) is 58.6 Å². The first-order chi connectivity index (χ1) is 15.5. The van der Waals surface area contributed by atoms with E-state index in [1.807, 2.05) is 12.1 Å². The average molecular weight is 438 g/mol. The molecule has 32 heavy (non-hydrogen) atoms. The van der Waals surface area contributed by atoms with Crippen LogP contribution >= 0.6 is 0 Å². The van der Waals surface area contributed by atoms with Crippen molar-refractivity contribution in [3.63, 3.8) is 0 Å². The molecule has 2 aromatic carbocycles. The lowest BCUT2D eigenvalue weighted by Crippen LogP contribution is -2.48. The van der Waals surface area contributed by atoms with Gasteiger partial charge in [0.2, 0.25) is 17.6 Å². The summed E-state index contributed by atoms with van der Waals surface area (Å²) >= 11 is 0. The molecule has 1 aliphatic heterocycles. The number of halogens is 1. The normalized spacial score (nSPS) is 15.2. The number of aromatic nitrogens is 2. The van der Waals surface area contributed by atoms with Crippen LogP contribution in [0.1, 0.15) is 31.2 Å². The smallest absolute Gasteiger partial charge is 0.241 e. The Morgan fingerprint density at radius 2 is 1.69 bits per heavy atom. The van der Waals surface area contributed by atoms with Gasteiger partial charge in [-0.1, -0.05) is 43.3 Å². The van der Waals surface area contributed by atoms with Gasteiger partial charge in [0.25, 0.3) is 0 Å². The molecule has 2 heterocycles. The Hall–Kier alpha value is -3.10. The largest absolute Gasteiger partial charge is 0.338 e. The van der Waals surface area contributed by atoms with E-state index in [9.17, 15) is 9.18 Å². The van der Waals surface area contributed by atoms with Crippen LogP contribution in [0.15, 0.2) is 53.1 Å². The van der Waals surface area contributed by atoms with Crippen molar-refractivity contribution in [2.45, 2.75) is 26.3 Å². The first kappa shape index (κ1) is 22.1. The number of anilines is 1. The van der Waals surface area contributed by atoms with E-state index < -0.39 is 0 Å². The molecule has 168 valence electrons. The lowest BCUT2D eigenvalue weighted by atomic mass is 10.0. The summed E-state index contributed by atoms with van der Waals surface area (Å²) in [5.41, 5.74) is 2.82. The summed E-state index contributed by atoms with van der Waals surface area (Å²) in [7, 11) is 0. The van der Waals surface area contributed by atoms with Crippen molar-refractivity contribution in [2.24, 2.45) is 0 Å². The van der Waals surface area contributed by atoms with Gasteiger partial charge in [-0.05, 0) is 35.7 Å². The molecule has 1 saturated heterocycles. The van der Waals surface area contributed by atoms with Crippen LogP contribution in [0.25, 0.3) is 11.4 Å². The second-order valence-electron chi connectivity index (χ2n) is 8.40. The van der Waals surface area contributed by atoms with E-state index in [-0.39, 0.29) is 11.7 Å². The average Bonchev–Trinajstić information content (AvgIpc) is 3.25. The summed E-state index contributed by atoms with van der Waals surface area (Å²) in [6, 6.07) is 14.0. The van der Waals surface area contributed by atoms with Crippen LogP contribution < -0.4 is 5.32 Å². The van der Waals surface area contributed by atoms with Crippen LogP contribution in [0.4, 0.5) is 10.1 Å². The minimum absolute atomic E-state index is 0.102. The zero-order chi connectivity index (χ0) is 22.5. The molecule has 0 bridgehead atoms. The van der Waals surface area contributed by atoms with Crippen molar-refractivity contribution in [1.29, 1.82) is 0 Å². The third-order valence-electron chi connectivity index (χ3n) is 5.62. The SMILES string of the molecule is CC(C)c1ccc(-c2noc(CN3CCN(CC(=O)Nc4ccc(F)cc4)CC3)n2)cc1. The van der Waals surface area contributed by atoms with Gasteiger partial charge in [-0.2, -0.15) is 4.98 Å². The van der Waals surface area contributed by atoms with Gasteiger partial charge in [-0.3, -0.25) is 14.6 Å². The Bertz CT molecular complexity index is 1030. The second-order valence-corrected chi connectivity index (χ2v) is 8.40. The Balaban J connectivity index is 1.23. The number of hydrogen-bond donors (Lipinski definition) is 1. The topological polar surface area (TPSA) is 74.5 Å². The Morgan fingerprint density at radius 3 is 2.34 bits per heavy atom. The van der Waals surface area contributed by atoms with Gasteiger partial charge in [0, 0.05) is 37.4 Å². The van der Waals surface area contributed by atoms with E-state index in [1.54, 1.807) is 12.1 Å². The van der Waals surface area contributed by atoms with Crippen LogP contribution in [0.2, 0.25) is 0 Å². The van der Waals surface area contributed by atoms with Gasteiger partial charge in [-0.15, -0.1) is 0 Å². The maximum absolute atomic E-state index is 13.0. The third kappa shape index (κ3) is 5.77. The molecule has 1 amide bonds. The first-order valence-electron chi connectivity index (χ1n) is 10.9. The van der Waals surface area contributed by atoms with Crippen molar-refractivity contribution >= 4 is 11.6 Å². The fraction of sp³-hybridized carbons (Fsp3) is 0.375. The van der Waals surface area contributed by atoms with Crippen LogP contribution in [-0.2, 0) is 11.3 Å². The van der Waals surface area contributed by atoms with E-state index >= 15 is 0 Å². The maximum atomic E-state index is 13.0. The van der Waals surface area contributed by atoms with E-state index in [1.165, 1.54) is 17.7 Å².